The van der Waals surface area contributed by atoms with Gasteiger partial charge in [-0.25, -0.2) is 8.42 Å². The maximum atomic E-state index is 14.3. The summed E-state index contributed by atoms with van der Waals surface area (Å²) in [6.45, 7) is 7.41. The monoisotopic (exact) mass is 609 g/mol. The summed E-state index contributed by atoms with van der Waals surface area (Å²) in [4.78, 5) is 29.4. The quantitative estimate of drug-likeness (QED) is 0.275. The number of aryl methyl sites for hydroxylation is 3. The molecular formula is C33H40ClN3O4S. The number of hydrogen-bond acceptors (Lipinski definition) is 4. The van der Waals surface area contributed by atoms with Gasteiger partial charge in [-0.1, -0.05) is 61.7 Å². The average molecular weight is 610 g/mol. The van der Waals surface area contributed by atoms with Crippen LogP contribution in [0.15, 0.2) is 71.6 Å². The lowest BCUT2D eigenvalue weighted by Crippen LogP contribution is -2.53. The minimum absolute atomic E-state index is 0.0226. The maximum absolute atomic E-state index is 14.3. The minimum atomic E-state index is -4.15. The number of anilines is 1. The summed E-state index contributed by atoms with van der Waals surface area (Å²) >= 11 is 6.05. The Balaban J connectivity index is 1.74. The van der Waals surface area contributed by atoms with Gasteiger partial charge in [0.25, 0.3) is 10.0 Å². The predicted molar refractivity (Wildman–Crippen MR) is 168 cm³/mol. The third kappa shape index (κ3) is 7.34. The molecule has 224 valence electrons. The van der Waals surface area contributed by atoms with Gasteiger partial charge in [-0.15, -0.1) is 0 Å². The molecule has 1 N–H and O–H groups in total. The van der Waals surface area contributed by atoms with Gasteiger partial charge in [0.15, 0.2) is 0 Å². The van der Waals surface area contributed by atoms with Crippen LogP contribution in [0.2, 0.25) is 5.02 Å². The zero-order valence-corrected chi connectivity index (χ0v) is 26.3. The van der Waals surface area contributed by atoms with Crippen LogP contribution in [0, 0.1) is 20.8 Å². The Bertz CT molecular complexity index is 1520. The summed E-state index contributed by atoms with van der Waals surface area (Å²) in [6.07, 6.45) is 4.38. The van der Waals surface area contributed by atoms with Crippen LogP contribution in [0.3, 0.4) is 0 Å². The van der Waals surface area contributed by atoms with Crippen molar-refractivity contribution in [3.8, 4) is 0 Å². The molecule has 9 heteroatoms. The van der Waals surface area contributed by atoms with Crippen molar-refractivity contribution in [3.63, 3.8) is 0 Å². The van der Waals surface area contributed by atoms with Crippen LogP contribution in [0.25, 0.3) is 0 Å². The number of carbonyl (C=O) groups excluding carboxylic acids is 2. The van der Waals surface area contributed by atoms with Crippen LogP contribution in [0.1, 0.15) is 61.3 Å². The van der Waals surface area contributed by atoms with E-state index < -0.39 is 28.5 Å². The summed E-state index contributed by atoms with van der Waals surface area (Å²) in [5.41, 5.74) is 4.17. The Morgan fingerprint density at radius 3 is 2.21 bits per heavy atom. The van der Waals surface area contributed by atoms with E-state index in [1.807, 2.05) is 58.0 Å². The summed E-state index contributed by atoms with van der Waals surface area (Å²) in [5.74, 6) is -0.660. The number of sulfonamides is 1. The molecule has 0 unspecified atom stereocenters. The Hall–Kier alpha value is -3.36. The smallest absolute Gasteiger partial charge is 0.264 e. The molecule has 42 heavy (non-hydrogen) atoms. The second kappa shape index (κ2) is 13.7. The van der Waals surface area contributed by atoms with Crippen molar-refractivity contribution in [2.45, 2.75) is 83.3 Å². The molecule has 4 rings (SSSR count). The SMILES string of the molecule is CC[C@@H](C(=O)NC1CCCC1)N(Cc1ccccc1C)C(=O)CN(c1ccc(C)c(C)c1)S(=O)(=O)c1ccc(Cl)cc1. The maximum Gasteiger partial charge on any atom is 0.264 e. The van der Waals surface area contributed by atoms with Crippen molar-refractivity contribution >= 4 is 39.1 Å². The fourth-order valence-electron chi connectivity index (χ4n) is 5.40. The number of amides is 2. The summed E-state index contributed by atoms with van der Waals surface area (Å²) in [5, 5.41) is 3.56. The zero-order chi connectivity index (χ0) is 30.4. The molecule has 0 radical (unpaired) electrons. The van der Waals surface area contributed by atoms with Gasteiger partial charge >= 0.3 is 0 Å². The van der Waals surface area contributed by atoms with E-state index in [1.165, 1.54) is 29.2 Å². The third-order valence-electron chi connectivity index (χ3n) is 8.15. The first kappa shape index (κ1) is 31.6. The molecule has 0 heterocycles. The van der Waals surface area contributed by atoms with E-state index in [0.717, 1.165) is 52.2 Å². The number of halogens is 1. The van der Waals surface area contributed by atoms with Crippen LogP contribution >= 0.6 is 11.6 Å². The second-order valence-corrected chi connectivity index (χ2v) is 13.4. The Morgan fingerprint density at radius 2 is 1.60 bits per heavy atom. The van der Waals surface area contributed by atoms with Gasteiger partial charge in [-0.05, 0) is 98.7 Å². The second-order valence-electron chi connectivity index (χ2n) is 11.1. The number of carbonyl (C=O) groups is 2. The number of nitrogens with zero attached hydrogens (tertiary/aromatic N) is 2. The standard InChI is InChI=1S/C33H40ClN3O4S/c1-5-31(33(39)35-28-12-8-9-13-28)36(21-26-11-7-6-10-24(26)3)32(38)22-37(29-17-14-23(2)25(4)20-29)42(40,41)30-18-15-27(34)16-19-30/h6-7,10-11,14-20,28,31H,5,8-9,12-13,21-22H2,1-4H3,(H,35,39)/t31-/m0/s1. The van der Waals surface area contributed by atoms with E-state index in [4.69, 9.17) is 11.6 Å². The Kier molecular flexibility index (Phi) is 10.3. The van der Waals surface area contributed by atoms with Crippen LogP contribution in [-0.4, -0.2) is 43.8 Å². The van der Waals surface area contributed by atoms with Crippen molar-refractivity contribution in [1.82, 2.24) is 10.2 Å². The minimum Gasteiger partial charge on any atom is -0.352 e. The highest BCUT2D eigenvalue weighted by molar-refractivity contribution is 7.92. The molecule has 1 fully saturated rings. The summed E-state index contributed by atoms with van der Waals surface area (Å²) in [7, 11) is -4.15. The highest BCUT2D eigenvalue weighted by Gasteiger charge is 2.34. The van der Waals surface area contributed by atoms with Gasteiger partial charge in [0.05, 0.1) is 10.6 Å². The number of rotatable bonds is 11. The van der Waals surface area contributed by atoms with Crippen molar-refractivity contribution in [3.05, 3.63) is 94.0 Å². The molecule has 3 aromatic rings. The molecule has 1 atom stereocenters. The molecule has 2 amide bonds. The number of nitrogens with one attached hydrogen (secondary N) is 1. The normalized spacial score (nSPS) is 14.4. The first-order valence-electron chi connectivity index (χ1n) is 14.5. The first-order valence-corrected chi connectivity index (χ1v) is 16.3. The highest BCUT2D eigenvalue weighted by atomic mass is 35.5. The van der Waals surface area contributed by atoms with E-state index in [2.05, 4.69) is 5.32 Å². The van der Waals surface area contributed by atoms with Crippen molar-refractivity contribution in [2.24, 2.45) is 0 Å². The van der Waals surface area contributed by atoms with Gasteiger partial charge in [0.1, 0.15) is 12.6 Å². The molecule has 0 saturated heterocycles. The molecular weight excluding hydrogens is 570 g/mol. The molecule has 1 saturated carbocycles. The lowest BCUT2D eigenvalue weighted by molar-refractivity contribution is -0.140. The highest BCUT2D eigenvalue weighted by Crippen LogP contribution is 2.28. The summed E-state index contributed by atoms with van der Waals surface area (Å²) in [6, 6.07) is 18.3. The lowest BCUT2D eigenvalue weighted by atomic mass is 10.1. The van der Waals surface area contributed by atoms with Crippen LogP contribution in [0.4, 0.5) is 5.69 Å². The van der Waals surface area contributed by atoms with Gasteiger partial charge in [-0.3, -0.25) is 13.9 Å². The fourth-order valence-corrected chi connectivity index (χ4v) is 6.93. The molecule has 0 bridgehead atoms. The Labute approximate surface area is 254 Å². The van der Waals surface area contributed by atoms with Gasteiger partial charge in [-0.2, -0.15) is 0 Å². The predicted octanol–water partition coefficient (Wildman–Crippen LogP) is 6.33. The first-order chi connectivity index (χ1) is 20.0. The molecule has 1 aliphatic carbocycles. The number of hydrogen-bond donors (Lipinski definition) is 1. The Morgan fingerprint density at radius 1 is 0.929 bits per heavy atom. The van der Waals surface area contributed by atoms with E-state index in [9.17, 15) is 18.0 Å². The number of benzene rings is 3. The molecule has 7 nitrogen and oxygen atoms in total. The van der Waals surface area contributed by atoms with E-state index in [0.29, 0.717) is 17.1 Å². The fraction of sp³-hybridized carbons (Fsp3) is 0.394. The molecule has 1 aliphatic rings. The third-order valence-corrected chi connectivity index (χ3v) is 10.2. The van der Waals surface area contributed by atoms with Gasteiger partial charge in [0, 0.05) is 17.6 Å². The van der Waals surface area contributed by atoms with Crippen molar-refractivity contribution < 1.29 is 18.0 Å². The lowest BCUT2D eigenvalue weighted by Gasteiger charge is -2.34. The average Bonchev–Trinajstić information content (AvgIpc) is 3.47. The molecule has 0 spiro atoms. The van der Waals surface area contributed by atoms with Crippen molar-refractivity contribution in [2.75, 3.05) is 10.8 Å². The van der Waals surface area contributed by atoms with Gasteiger partial charge < -0.3 is 10.2 Å². The molecule has 0 aromatic heterocycles. The zero-order valence-electron chi connectivity index (χ0n) is 24.8. The van der Waals surface area contributed by atoms with Crippen LogP contribution < -0.4 is 9.62 Å². The van der Waals surface area contributed by atoms with Crippen molar-refractivity contribution in [1.29, 1.82) is 0 Å². The van der Waals surface area contributed by atoms with E-state index in [-0.39, 0.29) is 23.4 Å². The molecule has 3 aromatic carbocycles. The van der Waals surface area contributed by atoms with Crippen LogP contribution in [-0.2, 0) is 26.2 Å². The summed E-state index contributed by atoms with van der Waals surface area (Å²) < 4.78 is 29.2. The van der Waals surface area contributed by atoms with Crippen LogP contribution in [0.5, 0.6) is 0 Å². The largest absolute Gasteiger partial charge is 0.352 e. The van der Waals surface area contributed by atoms with E-state index >= 15 is 0 Å². The van der Waals surface area contributed by atoms with E-state index in [1.54, 1.807) is 12.1 Å². The topological polar surface area (TPSA) is 86.8 Å². The van der Waals surface area contributed by atoms with Gasteiger partial charge in [0.2, 0.25) is 11.8 Å². The molecule has 0 aliphatic heterocycles.